The molecule has 1 aliphatic rings. The number of rotatable bonds is 6. The van der Waals surface area contributed by atoms with Crippen molar-refractivity contribution in [2.75, 3.05) is 18.5 Å². The van der Waals surface area contributed by atoms with Crippen LogP contribution in [-0.4, -0.2) is 51.4 Å². The van der Waals surface area contributed by atoms with Gasteiger partial charge >= 0.3 is 5.97 Å². The maximum Gasteiger partial charge on any atom is 0.340 e. The number of aryl methyl sites for hydroxylation is 1. The Hall–Kier alpha value is -3.53. The lowest BCUT2D eigenvalue weighted by Gasteiger charge is -2.33. The number of para-hydroxylation sites is 1. The van der Waals surface area contributed by atoms with E-state index in [1.807, 2.05) is 11.8 Å². The lowest BCUT2D eigenvalue weighted by molar-refractivity contribution is -0.135. The Morgan fingerprint density at radius 3 is 2.74 bits per heavy atom. The number of piperidine rings is 1. The van der Waals surface area contributed by atoms with Gasteiger partial charge in [0.1, 0.15) is 11.4 Å². The number of nitrogens with zero attached hydrogens (tertiary/aromatic N) is 3. The van der Waals surface area contributed by atoms with Gasteiger partial charge < -0.3 is 15.0 Å². The van der Waals surface area contributed by atoms with E-state index in [1.165, 1.54) is 10.9 Å². The first-order chi connectivity index (χ1) is 16.8. The number of benzene rings is 1. The Kier molecular flexibility index (Phi) is 7.30. The van der Waals surface area contributed by atoms with Gasteiger partial charge in [-0.25, -0.2) is 9.78 Å². The Labute approximate surface area is 206 Å². The van der Waals surface area contributed by atoms with Crippen LogP contribution in [0.5, 0.6) is 0 Å². The van der Waals surface area contributed by atoms with Crippen molar-refractivity contribution in [3.8, 4) is 0 Å². The number of carbonyl (C=O) groups excluding carboxylic acids is 3. The highest BCUT2D eigenvalue weighted by atomic mass is 32.1. The van der Waals surface area contributed by atoms with Gasteiger partial charge in [-0.05, 0) is 57.7 Å². The molecule has 1 fully saturated rings. The van der Waals surface area contributed by atoms with E-state index in [9.17, 15) is 19.2 Å². The number of thiophene rings is 1. The van der Waals surface area contributed by atoms with Crippen molar-refractivity contribution in [2.45, 2.75) is 52.6 Å². The number of likely N-dealkylation sites (tertiary alicyclic amines) is 1. The molecule has 0 bridgehead atoms. The summed E-state index contributed by atoms with van der Waals surface area (Å²) in [6, 6.07) is 6.73. The molecule has 4 rings (SSSR count). The van der Waals surface area contributed by atoms with E-state index in [4.69, 9.17) is 4.74 Å². The fourth-order valence-electron chi connectivity index (χ4n) is 4.35. The lowest BCUT2D eigenvalue weighted by Crippen LogP contribution is -2.44. The smallest absolute Gasteiger partial charge is 0.340 e. The zero-order chi connectivity index (χ0) is 25.1. The van der Waals surface area contributed by atoms with Crippen molar-refractivity contribution in [2.24, 2.45) is 0 Å². The van der Waals surface area contributed by atoms with E-state index in [0.717, 1.165) is 30.6 Å². The van der Waals surface area contributed by atoms with Gasteiger partial charge in [0.05, 0.1) is 34.4 Å². The van der Waals surface area contributed by atoms with Crippen molar-refractivity contribution < 1.29 is 19.1 Å². The molecule has 0 aliphatic carbocycles. The SMILES string of the molecule is CCOC(=O)c1ccccc1NC(=O)c1sc2ncn(CC(=O)N3CCCC[C@H]3C)c(=O)c2c1C. The Balaban J connectivity index is 1.60. The molecule has 184 valence electrons. The molecular formula is C25H28N4O5S. The summed E-state index contributed by atoms with van der Waals surface area (Å²) < 4.78 is 6.37. The first-order valence-electron chi connectivity index (χ1n) is 11.7. The number of ether oxygens (including phenoxy) is 1. The number of anilines is 1. The number of hydrogen-bond acceptors (Lipinski definition) is 7. The van der Waals surface area contributed by atoms with Crippen molar-refractivity contribution in [1.82, 2.24) is 14.5 Å². The Morgan fingerprint density at radius 1 is 1.23 bits per heavy atom. The van der Waals surface area contributed by atoms with Crippen LogP contribution in [0.3, 0.4) is 0 Å². The summed E-state index contributed by atoms with van der Waals surface area (Å²) in [6.07, 6.45) is 4.38. The minimum Gasteiger partial charge on any atom is -0.462 e. The molecule has 9 nitrogen and oxygen atoms in total. The Bertz CT molecular complexity index is 1350. The number of fused-ring (bicyclic) bond motifs is 1. The number of nitrogens with one attached hydrogen (secondary N) is 1. The van der Waals surface area contributed by atoms with E-state index in [-0.39, 0.29) is 36.2 Å². The van der Waals surface area contributed by atoms with Gasteiger partial charge in [0.2, 0.25) is 5.91 Å². The average molecular weight is 497 g/mol. The molecule has 0 radical (unpaired) electrons. The molecule has 1 N–H and O–H groups in total. The number of amides is 2. The summed E-state index contributed by atoms with van der Waals surface area (Å²) in [4.78, 5) is 58.3. The van der Waals surface area contributed by atoms with Gasteiger partial charge in [0.15, 0.2) is 0 Å². The molecule has 1 saturated heterocycles. The summed E-state index contributed by atoms with van der Waals surface area (Å²) in [5.41, 5.74) is 0.696. The van der Waals surface area contributed by atoms with Crippen molar-refractivity contribution >= 4 is 45.0 Å². The second kappa shape index (κ2) is 10.4. The molecule has 1 aliphatic heterocycles. The van der Waals surface area contributed by atoms with Crippen LogP contribution in [0.2, 0.25) is 0 Å². The molecular weight excluding hydrogens is 468 g/mol. The summed E-state index contributed by atoms with van der Waals surface area (Å²) in [5.74, 6) is -1.10. The normalized spacial score (nSPS) is 15.7. The van der Waals surface area contributed by atoms with Gasteiger partial charge in [0.25, 0.3) is 11.5 Å². The Morgan fingerprint density at radius 2 is 2.00 bits per heavy atom. The lowest BCUT2D eigenvalue weighted by atomic mass is 10.0. The fourth-order valence-corrected chi connectivity index (χ4v) is 5.39. The van der Waals surface area contributed by atoms with Crippen LogP contribution in [0.4, 0.5) is 5.69 Å². The highest BCUT2D eigenvalue weighted by Gasteiger charge is 2.25. The van der Waals surface area contributed by atoms with Crippen LogP contribution < -0.4 is 10.9 Å². The number of aromatic nitrogens is 2. The third-order valence-corrected chi connectivity index (χ3v) is 7.42. The minimum atomic E-state index is -0.534. The van der Waals surface area contributed by atoms with Gasteiger partial charge in [-0.2, -0.15) is 0 Å². The van der Waals surface area contributed by atoms with Crippen LogP contribution in [-0.2, 0) is 16.1 Å². The van der Waals surface area contributed by atoms with Crippen molar-refractivity contribution in [3.05, 3.63) is 57.0 Å². The third kappa shape index (κ3) is 4.97. The predicted molar refractivity (Wildman–Crippen MR) is 134 cm³/mol. The average Bonchev–Trinajstić information content (AvgIpc) is 3.18. The topological polar surface area (TPSA) is 111 Å². The molecule has 2 aromatic heterocycles. The van der Waals surface area contributed by atoms with Crippen LogP contribution in [0.1, 0.15) is 58.7 Å². The second-order valence-corrected chi connectivity index (χ2v) is 9.57. The van der Waals surface area contributed by atoms with Crippen LogP contribution >= 0.6 is 11.3 Å². The summed E-state index contributed by atoms with van der Waals surface area (Å²) in [6.45, 7) is 6.24. The molecule has 2 amide bonds. The maximum atomic E-state index is 13.2. The zero-order valence-corrected chi connectivity index (χ0v) is 20.8. The molecule has 0 saturated carbocycles. The van der Waals surface area contributed by atoms with E-state index in [2.05, 4.69) is 10.3 Å². The van der Waals surface area contributed by atoms with Crippen LogP contribution in [0, 0.1) is 6.92 Å². The minimum absolute atomic E-state index is 0.0875. The first-order valence-corrected chi connectivity index (χ1v) is 12.5. The highest BCUT2D eigenvalue weighted by molar-refractivity contribution is 7.20. The third-order valence-electron chi connectivity index (χ3n) is 6.22. The molecule has 1 atom stereocenters. The molecule has 0 unspecified atom stereocenters. The van der Waals surface area contributed by atoms with Gasteiger partial charge in [-0.3, -0.25) is 19.0 Å². The zero-order valence-electron chi connectivity index (χ0n) is 20.0. The quantitative estimate of drug-likeness (QED) is 0.522. The van der Waals surface area contributed by atoms with Gasteiger partial charge in [-0.1, -0.05) is 12.1 Å². The molecule has 3 aromatic rings. The van der Waals surface area contributed by atoms with Gasteiger partial charge in [-0.15, -0.1) is 11.3 Å². The first kappa shape index (κ1) is 24.6. The van der Waals surface area contributed by atoms with Crippen LogP contribution in [0.25, 0.3) is 10.2 Å². The fraction of sp³-hybridized carbons (Fsp3) is 0.400. The van der Waals surface area contributed by atoms with Gasteiger partial charge in [0, 0.05) is 12.6 Å². The van der Waals surface area contributed by atoms with E-state index in [0.29, 0.717) is 32.9 Å². The monoisotopic (exact) mass is 496 g/mol. The predicted octanol–water partition coefficient (Wildman–Crippen LogP) is 3.60. The second-order valence-electron chi connectivity index (χ2n) is 8.57. The molecule has 1 aromatic carbocycles. The van der Waals surface area contributed by atoms with E-state index < -0.39 is 11.9 Å². The molecule has 10 heteroatoms. The summed E-state index contributed by atoms with van der Waals surface area (Å²) in [7, 11) is 0. The summed E-state index contributed by atoms with van der Waals surface area (Å²) in [5, 5.41) is 3.08. The highest BCUT2D eigenvalue weighted by Crippen LogP contribution is 2.28. The standard InChI is InChI=1S/C25H28N4O5S/c1-4-34-25(33)17-10-5-6-11-18(17)27-22(31)21-16(3)20-23(35-21)26-14-28(24(20)32)13-19(30)29-12-8-7-9-15(29)2/h5-6,10-11,14-15H,4,7-9,12-13H2,1-3H3,(H,27,31)/t15-/m1/s1. The molecule has 0 spiro atoms. The van der Waals surface area contributed by atoms with Crippen molar-refractivity contribution in [1.29, 1.82) is 0 Å². The molecule has 3 heterocycles. The maximum absolute atomic E-state index is 13.2. The van der Waals surface area contributed by atoms with E-state index in [1.54, 1.807) is 38.1 Å². The van der Waals surface area contributed by atoms with E-state index >= 15 is 0 Å². The largest absolute Gasteiger partial charge is 0.462 e. The summed E-state index contributed by atoms with van der Waals surface area (Å²) >= 11 is 1.10. The van der Waals surface area contributed by atoms with Crippen LogP contribution in [0.15, 0.2) is 35.4 Å². The van der Waals surface area contributed by atoms with Crippen molar-refractivity contribution in [3.63, 3.8) is 0 Å². The number of hydrogen-bond donors (Lipinski definition) is 1. The number of esters is 1. The number of carbonyl (C=O) groups is 3. The molecule has 35 heavy (non-hydrogen) atoms.